The second kappa shape index (κ2) is 6.29. The SMILES string of the molecule is CCCC(C)NC(C)c1cccc(Br)c1. The van der Waals surface area contributed by atoms with Gasteiger partial charge in [-0.15, -0.1) is 0 Å². The van der Waals surface area contributed by atoms with Gasteiger partial charge in [0.25, 0.3) is 0 Å². The van der Waals surface area contributed by atoms with Crippen molar-refractivity contribution in [2.75, 3.05) is 0 Å². The van der Waals surface area contributed by atoms with Crippen molar-refractivity contribution in [3.8, 4) is 0 Å². The molecule has 0 bridgehead atoms. The molecule has 1 nitrogen and oxygen atoms in total. The summed E-state index contributed by atoms with van der Waals surface area (Å²) in [6.45, 7) is 6.69. The summed E-state index contributed by atoms with van der Waals surface area (Å²) in [6.07, 6.45) is 2.47. The first kappa shape index (κ1) is 12.7. The van der Waals surface area contributed by atoms with Crippen molar-refractivity contribution in [3.63, 3.8) is 0 Å². The van der Waals surface area contributed by atoms with Gasteiger partial charge in [-0.1, -0.05) is 41.4 Å². The van der Waals surface area contributed by atoms with Gasteiger partial charge < -0.3 is 5.32 Å². The highest BCUT2D eigenvalue weighted by atomic mass is 79.9. The molecule has 1 aromatic carbocycles. The molecule has 0 saturated carbocycles. The molecule has 0 aliphatic rings. The average molecular weight is 270 g/mol. The van der Waals surface area contributed by atoms with Crippen LogP contribution in [-0.2, 0) is 0 Å². The van der Waals surface area contributed by atoms with E-state index in [0.29, 0.717) is 12.1 Å². The van der Waals surface area contributed by atoms with Crippen molar-refractivity contribution in [3.05, 3.63) is 34.3 Å². The summed E-state index contributed by atoms with van der Waals surface area (Å²) in [5.41, 5.74) is 1.34. The molecule has 0 heterocycles. The summed E-state index contributed by atoms with van der Waals surface area (Å²) in [5, 5.41) is 3.60. The van der Waals surface area contributed by atoms with E-state index >= 15 is 0 Å². The Morgan fingerprint density at radius 1 is 1.33 bits per heavy atom. The zero-order valence-corrected chi connectivity index (χ0v) is 11.3. The molecule has 0 aliphatic heterocycles. The van der Waals surface area contributed by atoms with Crippen LogP contribution in [0.4, 0.5) is 0 Å². The Hall–Kier alpha value is -0.340. The molecule has 1 aromatic rings. The molecule has 0 amide bonds. The molecular weight excluding hydrogens is 250 g/mol. The smallest absolute Gasteiger partial charge is 0.0294 e. The van der Waals surface area contributed by atoms with Gasteiger partial charge in [0, 0.05) is 16.6 Å². The summed E-state index contributed by atoms with van der Waals surface area (Å²) < 4.78 is 1.15. The minimum Gasteiger partial charge on any atom is -0.308 e. The van der Waals surface area contributed by atoms with Crippen LogP contribution >= 0.6 is 15.9 Å². The Morgan fingerprint density at radius 2 is 2.07 bits per heavy atom. The number of rotatable bonds is 5. The van der Waals surface area contributed by atoms with Gasteiger partial charge in [0.2, 0.25) is 0 Å². The van der Waals surface area contributed by atoms with E-state index in [-0.39, 0.29) is 0 Å². The van der Waals surface area contributed by atoms with Crippen LogP contribution in [0.25, 0.3) is 0 Å². The number of halogens is 1. The Labute approximate surface area is 101 Å². The Morgan fingerprint density at radius 3 is 2.67 bits per heavy atom. The minimum absolute atomic E-state index is 0.420. The van der Waals surface area contributed by atoms with E-state index in [9.17, 15) is 0 Å². The first-order valence-electron chi connectivity index (χ1n) is 5.65. The van der Waals surface area contributed by atoms with Gasteiger partial charge in [-0.25, -0.2) is 0 Å². The number of nitrogens with one attached hydrogen (secondary N) is 1. The van der Waals surface area contributed by atoms with Crippen LogP contribution in [0.1, 0.15) is 45.2 Å². The summed E-state index contributed by atoms with van der Waals surface area (Å²) in [4.78, 5) is 0. The third kappa shape index (κ3) is 4.35. The van der Waals surface area contributed by atoms with Crippen LogP contribution in [0.2, 0.25) is 0 Å². The van der Waals surface area contributed by atoms with Crippen molar-refractivity contribution < 1.29 is 0 Å². The maximum absolute atomic E-state index is 3.60. The number of hydrogen-bond donors (Lipinski definition) is 1. The van der Waals surface area contributed by atoms with E-state index in [1.54, 1.807) is 0 Å². The molecule has 0 saturated heterocycles. The molecule has 0 spiro atoms. The largest absolute Gasteiger partial charge is 0.308 e. The summed E-state index contributed by atoms with van der Waals surface area (Å²) in [6, 6.07) is 9.50. The lowest BCUT2D eigenvalue weighted by Crippen LogP contribution is -2.28. The predicted molar refractivity (Wildman–Crippen MR) is 70.1 cm³/mol. The van der Waals surface area contributed by atoms with Crippen LogP contribution in [0.15, 0.2) is 28.7 Å². The Bertz CT molecular complexity index is 298. The monoisotopic (exact) mass is 269 g/mol. The molecule has 0 aromatic heterocycles. The standard InChI is InChI=1S/C13H20BrN/c1-4-6-10(2)15-11(3)12-7-5-8-13(14)9-12/h5,7-11,15H,4,6H2,1-3H3. The van der Waals surface area contributed by atoms with Crippen LogP contribution in [0.5, 0.6) is 0 Å². The third-order valence-electron chi connectivity index (χ3n) is 2.60. The fourth-order valence-corrected chi connectivity index (χ4v) is 2.23. The molecular formula is C13H20BrN. The van der Waals surface area contributed by atoms with Gasteiger partial charge in [0.15, 0.2) is 0 Å². The molecule has 84 valence electrons. The molecule has 0 radical (unpaired) electrons. The van der Waals surface area contributed by atoms with Crippen molar-refractivity contribution in [2.24, 2.45) is 0 Å². The number of hydrogen-bond acceptors (Lipinski definition) is 1. The van der Waals surface area contributed by atoms with E-state index in [1.165, 1.54) is 18.4 Å². The maximum Gasteiger partial charge on any atom is 0.0294 e. The molecule has 15 heavy (non-hydrogen) atoms. The van der Waals surface area contributed by atoms with Crippen molar-refractivity contribution in [1.29, 1.82) is 0 Å². The fraction of sp³-hybridized carbons (Fsp3) is 0.538. The Kier molecular flexibility index (Phi) is 5.34. The lowest BCUT2D eigenvalue weighted by molar-refractivity contribution is 0.452. The zero-order chi connectivity index (χ0) is 11.3. The number of benzene rings is 1. The molecule has 2 atom stereocenters. The normalized spacial score (nSPS) is 14.9. The molecule has 0 fully saturated rings. The summed E-state index contributed by atoms with van der Waals surface area (Å²) >= 11 is 3.50. The lowest BCUT2D eigenvalue weighted by atomic mass is 10.1. The van der Waals surface area contributed by atoms with Gasteiger partial charge in [0.05, 0.1) is 0 Å². The van der Waals surface area contributed by atoms with E-state index < -0.39 is 0 Å². The highest BCUT2D eigenvalue weighted by Gasteiger charge is 2.08. The van der Waals surface area contributed by atoms with E-state index in [0.717, 1.165) is 4.47 Å². The van der Waals surface area contributed by atoms with E-state index in [4.69, 9.17) is 0 Å². The minimum atomic E-state index is 0.420. The van der Waals surface area contributed by atoms with Crippen LogP contribution in [0.3, 0.4) is 0 Å². The van der Waals surface area contributed by atoms with Gasteiger partial charge >= 0.3 is 0 Å². The zero-order valence-electron chi connectivity index (χ0n) is 9.76. The Balaban J connectivity index is 2.56. The van der Waals surface area contributed by atoms with Crippen LogP contribution in [0, 0.1) is 0 Å². The second-order valence-corrected chi connectivity index (χ2v) is 5.05. The topological polar surface area (TPSA) is 12.0 Å². The molecule has 1 N–H and O–H groups in total. The highest BCUT2D eigenvalue weighted by molar-refractivity contribution is 9.10. The van der Waals surface area contributed by atoms with Crippen LogP contribution < -0.4 is 5.32 Å². The fourth-order valence-electron chi connectivity index (χ4n) is 1.82. The van der Waals surface area contributed by atoms with Gasteiger partial charge in [0.1, 0.15) is 0 Å². The maximum atomic E-state index is 3.60. The van der Waals surface area contributed by atoms with Crippen LogP contribution in [-0.4, -0.2) is 6.04 Å². The summed E-state index contributed by atoms with van der Waals surface area (Å²) in [5.74, 6) is 0. The summed E-state index contributed by atoms with van der Waals surface area (Å²) in [7, 11) is 0. The first-order chi connectivity index (χ1) is 7.13. The second-order valence-electron chi connectivity index (χ2n) is 4.13. The molecule has 2 heteroatoms. The first-order valence-corrected chi connectivity index (χ1v) is 6.44. The van der Waals surface area contributed by atoms with Crippen molar-refractivity contribution in [2.45, 2.75) is 45.7 Å². The van der Waals surface area contributed by atoms with E-state index in [1.807, 2.05) is 0 Å². The average Bonchev–Trinajstić information content (AvgIpc) is 2.18. The van der Waals surface area contributed by atoms with Crippen molar-refractivity contribution in [1.82, 2.24) is 5.32 Å². The van der Waals surface area contributed by atoms with Crippen molar-refractivity contribution >= 4 is 15.9 Å². The molecule has 2 unspecified atom stereocenters. The highest BCUT2D eigenvalue weighted by Crippen LogP contribution is 2.18. The molecule has 1 rings (SSSR count). The predicted octanol–water partition coefficient (Wildman–Crippen LogP) is 4.29. The van der Waals surface area contributed by atoms with Gasteiger partial charge in [-0.05, 0) is 38.0 Å². The van der Waals surface area contributed by atoms with Gasteiger partial charge in [-0.2, -0.15) is 0 Å². The quantitative estimate of drug-likeness (QED) is 0.841. The third-order valence-corrected chi connectivity index (χ3v) is 3.10. The molecule has 0 aliphatic carbocycles. The van der Waals surface area contributed by atoms with Gasteiger partial charge in [-0.3, -0.25) is 0 Å². The van der Waals surface area contributed by atoms with E-state index in [2.05, 4.69) is 66.3 Å². The lowest BCUT2D eigenvalue weighted by Gasteiger charge is -2.20.